The van der Waals surface area contributed by atoms with E-state index in [9.17, 15) is 4.79 Å². The Hall–Kier alpha value is -1.33. The first kappa shape index (κ1) is 16.5. The lowest BCUT2D eigenvalue weighted by Gasteiger charge is -2.32. The van der Waals surface area contributed by atoms with Gasteiger partial charge in [-0.1, -0.05) is 17.7 Å². The number of benzene rings is 1. The molecule has 0 aliphatic carbocycles. The van der Waals surface area contributed by atoms with Crippen LogP contribution in [0.5, 0.6) is 0 Å². The molecule has 2 aliphatic rings. The van der Waals surface area contributed by atoms with Crippen molar-refractivity contribution < 1.29 is 14.1 Å². The van der Waals surface area contributed by atoms with Gasteiger partial charge in [-0.2, -0.15) is 0 Å². The normalized spacial score (nSPS) is 22.7. The van der Waals surface area contributed by atoms with Gasteiger partial charge in [0.1, 0.15) is 0 Å². The number of carbonyl (C=O) groups is 1. The van der Waals surface area contributed by atoms with Crippen LogP contribution >= 0.6 is 0 Å². The minimum Gasteiger partial charge on any atom is -0.399 e. The highest BCUT2D eigenvalue weighted by molar-refractivity contribution is 6.64. The van der Waals surface area contributed by atoms with Crippen LogP contribution in [0.3, 0.4) is 0 Å². The Morgan fingerprint density at radius 1 is 1.09 bits per heavy atom. The lowest BCUT2D eigenvalue weighted by Crippen LogP contribution is -2.42. The number of nitrogens with zero attached hydrogens (tertiary/aromatic N) is 1. The van der Waals surface area contributed by atoms with Crippen molar-refractivity contribution in [2.75, 3.05) is 13.1 Å². The Bertz CT molecular complexity index is 605. The molecule has 2 fully saturated rings. The lowest BCUT2D eigenvalue weighted by atomic mass is 9.73. The summed E-state index contributed by atoms with van der Waals surface area (Å²) < 4.78 is 12.4. The summed E-state index contributed by atoms with van der Waals surface area (Å²) in [5.74, 6) is 0.0934. The predicted molar refractivity (Wildman–Crippen MR) is 92.0 cm³/mol. The summed E-state index contributed by atoms with van der Waals surface area (Å²) in [6.45, 7) is 11.8. The van der Waals surface area contributed by atoms with E-state index in [1.54, 1.807) is 0 Å². The molecule has 3 rings (SSSR count). The number of aryl methyl sites for hydroxylation is 1. The zero-order chi connectivity index (χ0) is 16.8. The number of rotatable bonds is 2. The van der Waals surface area contributed by atoms with Gasteiger partial charge in [0.25, 0.3) is 5.91 Å². The first-order valence-electron chi connectivity index (χ1n) is 8.47. The average molecular weight is 315 g/mol. The van der Waals surface area contributed by atoms with E-state index in [4.69, 9.17) is 9.31 Å². The van der Waals surface area contributed by atoms with Gasteiger partial charge < -0.3 is 14.2 Å². The van der Waals surface area contributed by atoms with Gasteiger partial charge in [0, 0.05) is 18.7 Å². The third-order valence-corrected chi connectivity index (χ3v) is 5.44. The maximum atomic E-state index is 12.9. The first-order valence-corrected chi connectivity index (χ1v) is 8.47. The molecule has 0 N–H and O–H groups in total. The Balaban J connectivity index is 1.98. The fraction of sp³-hybridized carbons (Fsp3) is 0.611. The van der Waals surface area contributed by atoms with E-state index in [0.717, 1.165) is 37.0 Å². The topological polar surface area (TPSA) is 38.8 Å². The Kier molecular flexibility index (Phi) is 4.05. The molecule has 124 valence electrons. The molecule has 2 heterocycles. The van der Waals surface area contributed by atoms with Crippen LogP contribution in [-0.2, 0) is 9.31 Å². The van der Waals surface area contributed by atoms with Gasteiger partial charge in [-0.25, -0.2) is 0 Å². The fourth-order valence-corrected chi connectivity index (χ4v) is 3.23. The molecule has 0 radical (unpaired) electrons. The van der Waals surface area contributed by atoms with Gasteiger partial charge >= 0.3 is 7.12 Å². The van der Waals surface area contributed by atoms with Crippen molar-refractivity contribution >= 4 is 18.5 Å². The number of hydrogen-bond donors (Lipinski definition) is 0. The molecule has 1 aromatic rings. The van der Waals surface area contributed by atoms with Crippen molar-refractivity contribution in [1.82, 2.24) is 4.90 Å². The van der Waals surface area contributed by atoms with Crippen LogP contribution in [0.15, 0.2) is 18.2 Å². The fourth-order valence-electron chi connectivity index (χ4n) is 3.23. The van der Waals surface area contributed by atoms with E-state index in [1.807, 2.05) is 57.7 Å². The van der Waals surface area contributed by atoms with Crippen LogP contribution in [-0.4, -0.2) is 42.2 Å². The third-order valence-electron chi connectivity index (χ3n) is 5.44. The van der Waals surface area contributed by atoms with Crippen molar-refractivity contribution in [2.24, 2.45) is 0 Å². The summed E-state index contributed by atoms with van der Waals surface area (Å²) >= 11 is 0. The van der Waals surface area contributed by atoms with Gasteiger partial charge in [0.2, 0.25) is 0 Å². The second kappa shape index (κ2) is 5.64. The maximum Gasteiger partial charge on any atom is 0.495 e. The Morgan fingerprint density at radius 3 is 2.22 bits per heavy atom. The summed E-state index contributed by atoms with van der Waals surface area (Å²) in [4.78, 5) is 14.8. The van der Waals surface area contributed by atoms with E-state index in [2.05, 4.69) is 0 Å². The van der Waals surface area contributed by atoms with E-state index >= 15 is 0 Å². The summed E-state index contributed by atoms with van der Waals surface area (Å²) in [5.41, 5.74) is 1.81. The molecule has 1 amide bonds. The standard InChI is InChI=1S/C18H26BNO3/c1-13-9-8-10-14(16(21)20-11-6-7-12-20)15(13)19-22-17(2,3)18(4,5)23-19/h8-10H,6-7,11-12H2,1-5H3. The van der Waals surface area contributed by atoms with E-state index < -0.39 is 18.3 Å². The number of carbonyl (C=O) groups excluding carboxylic acids is 1. The van der Waals surface area contributed by atoms with E-state index in [-0.39, 0.29) is 5.91 Å². The molecular weight excluding hydrogens is 289 g/mol. The molecule has 5 heteroatoms. The van der Waals surface area contributed by atoms with Crippen molar-refractivity contribution in [3.63, 3.8) is 0 Å². The summed E-state index contributed by atoms with van der Waals surface area (Å²) in [6, 6.07) is 5.85. The lowest BCUT2D eigenvalue weighted by molar-refractivity contribution is 0.00578. The number of hydrogen-bond acceptors (Lipinski definition) is 3. The van der Waals surface area contributed by atoms with Crippen LogP contribution in [0.25, 0.3) is 0 Å². The molecule has 1 aromatic carbocycles. The van der Waals surface area contributed by atoms with Gasteiger partial charge in [-0.05, 0) is 59.0 Å². The van der Waals surface area contributed by atoms with Gasteiger partial charge in [-0.3, -0.25) is 4.79 Å². The SMILES string of the molecule is Cc1cccc(C(=O)N2CCCC2)c1B1OC(C)(C)C(C)(C)O1. The molecular formula is C18H26BNO3. The highest BCUT2D eigenvalue weighted by atomic mass is 16.7. The molecule has 0 saturated carbocycles. The van der Waals surface area contributed by atoms with Crippen molar-refractivity contribution in [1.29, 1.82) is 0 Å². The quantitative estimate of drug-likeness (QED) is 0.787. The maximum absolute atomic E-state index is 12.9. The van der Waals surface area contributed by atoms with E-state index in [0.29, 0.717) is 5.56 Å². The minimum atomic E-state index is -0.497. The van der Waals surface area contributed by atoms with Crippen molar-refractivity contribution in [3.05, 3.63) is 29.3 Å². The summed E-state index contributed by atoms with van der Waals surface area (Å²) in [6.07, 6.45) is 2.17. The van der Waals surface area contributed by atoms with Crippen LogP contribution in [0.2, 0.25) is 0 Å². The minimum absolute atomic E-state index is 0.0934. The monoisotopic (exact) mass is 315 g/mol. The smallest absolute Gasteiger partial charge is 0.399 e. The van der Waals surface area contributed by atoms with Crippen LogP contribution in [0.1, 0.15) is 56.5 Å². The van der Waals surface area contributed by atoms with Crippen LogP contribution in [0.4, 0.5) is 0 Å². The molecule has 2 aliphatic heterocycles. The molecule has 0 spiro atoms. The second-order valence-electron chi connectivity index (χ2n) is 7.62. The molecule has 0 aromatic heterocycles. The highest BCUT2D eigenvalue weighted by Crippen LogP contribution is 2.37. The number of likely N-dealkylation sites (tertiary alicyclic amines) is 1. The molecule has 23 heavy (non-hydrogen) atoms. The van der Waals surface area contributed by atoms with Crippen LogP contribution in [0, 0.1) is 6.92 Å². The summed E-state index contributed by atoms with van der Waals surface area (Å²) in [7, 11) is -0.497. The van der Waals surface area contributed by atoms with Gasteiger partial charge in [0.15, 0.2) is 0 Å². The van der Waals surface area contributed by atoms with Gasteiger partial charge in [0.05, 0.1) is 11.2 Å². The molecule has 4 nitrogen and oxygen atoms in total. The van der Waals surface area contributed by atoms with Crippen LogP contribution < -0.4 is 5.46 Å². The predicted octanol–water partition coefficient (Wildman–Crippen LogP) is 2.53. The van der Waals surface area contributed by atoms with Crippen molar-refractivity contribution in [2.45, 2.75) is 58.7 Å². The van der Waals surface area contributed by atoms with E-state index in [1.165, 1.54) is 0 Å². The third kappa shape index (κ3) is 2.81. The highest BCUT2D eigenvalue weighted by Gasteiger charge is 2.53. The zero-order valence-electron chi connectivity index (χ0n) is 14.8. The Morgan fingerprint density at radius 2 is 1.65 bits per heavy atom. The Labute approximate surface area is 139 Å². The first-order chi connectivity index (χ1) is 10.7. The largest absolute Gasteiger partial charge is 0.495 e. The van der Waals surface area contributed by atoms with Gasteiger partial charge in [-0.15, -0.1) is 0 Å². The second-order valence-corrected chi connectivity index (χ2v) is 7.62. The number of amides is 1. The molecule has 0 unspecified atom stereocenters. The zero-order valence-corrected chi connectivity index (χ0v) is 14.8. The molecule has 0 atom stereocenters. The molecule has 2 saturated heterocycles. The average Bonchev–Trinajstić information content (AvgIpc) is 3.05. The summed E-state index contributed by atoms with van der Waals surface area (Å²) in [5, 5.41) is 0. The molecule has 0 bridgehead atoms. The van der Waals surface area contributed by atoms with Crippen molar-refractivity contribution in [3.8, 4) is 0 Å².